The standard InChI is InChI=1S/C18H25N3O3/c1-13-17(14(2)24-20-13)12-23-16-8-5-7-15(11-16)18(22)19-9-6-10-21(3)4/h5,7-8,11H,6,9-10,12H2,1-4H3,(H,19,22). The minimum absolute atomic E-state index is 0.0865. The molecule has 0 aliphatic rings. The molecular weight excluding hydrogens is 306 g/mol. The van der Waals surface area contributed by atoms with Gasteiger partial charge in [-0.1, -0.05) is 11.2 Å². The third-order valence-corrected chi connectivity index (χ3v) is 3.73. The van der Waals surface area contributed by atoms with Crippen molar-refractivity contribution < 1.29 is 14.1 Å². The molecule has 0 aliphatic heterocycles. The Balaban J connectivity index is 1.90. The number of aryl methyl sites for hydroxylation is 2. The molecule has 0 spiro atoms. The molecule has 6 nitrogen and oxygen atoms in total. The van der Waals surface area contributed by atoms with Crippen LogP contribution in [0.2, 0.25) is 0 Å². The number of rotatable bonds is 8. The number of hydrogen-bond acceptors (Lipinski definition) is 5. The molecule has 0 unspecified atom stereocenters. The van der Waals surface area contributed by atoms with Crippen LogP contribution in [0.5, 0.6) is 5.75 Å². The molecule has 0 bridgehead atoms. The first-order valence-corrected chi connectivity index (χ1v) is 8.05. The average Bonchev–Trinajstić information content (AvgIpc) is 2.88. The monoisotopic (exact) mass is 331 g/mol. The highest BCUT2D eigenvalue weighted by atomic mass is 16.5. The van der Waals surface area contributed by atoms with Gasteiger partial charge in [0, 0.05) is 12.1 Å². The first-order chi connectivity index (χ1) is 11.5. The maximum absolute atomic E-state index is 12.2. The second-order valence-corrected chi connectivity index (χ2v) is 6.03. The lowest BCUT2D eigenvalue weighted by Gasteiger charge is -2.11. The molecular formula is C18H25N3O3. The van der Waals surface area contributed by atoms with E-state index in [0.29, 0.717) is 24.5 Å². The summed E-state index contributed by atoms with van der Waals surface area (Å²) in [6, 6.07) is 7.18. The number of carbonyl (C=O) groups excluding carboxylic acids is 1. The topological polar surface area (TPSA) is 67.6 Å². The first-order valence-electron chi connectivity index (χ1n) is 8.05. The first kappa shape index (κ1) is 18.0. The molecule has 0 atom stereocenters. The van der Waals surface area contributed by atoms with Gasteiger partial charge in [-0.25, -0.2) is 0 Å². The van der Waals surface area contributed by atoms with Gasteiger partial charge in [0.1, 0.15) is 18.1 Å². The van der Waals surface area contributed by atoms with E-state index >= 15 is 0 Å². The lowest BCUT2D eigenvalue weighted by Crippen LogP contribution is -2.27. The Morgan fingerprint density at radius 2 is 2.12 bits per heavy atom. The molecule has 0 fully saturated rings. The molecule has 130 valence electrons. The zero-order valence-electron chi connectivity index (χ0n) is 14.8. The van der Waals surface area contributed by atoms with Crippen molar-refractivity contribution in [3.05, 3.63) is 46.8 Å². The third kappa shape index (κ3) is 5.09. The Labute approximate surface area is 142 Å². The van der Waals surface area contributed by atoms with Crippen molar-refractivity contribution in [3.63, 3.8) is 0 Å². The van der Waals surface area contributed by atoms with Crippen LogP contribution in [0.25, 0.3) is 0 Å². The maximum atomic E-state index is 12.2. The molecule has 1 aromatic carbocycles. The normalized spacial score (nSPS) is 10.9. The molecule has 0 saturated carbocycles. The predicted molar refractivity (Wildman–Crippen MR) is 92.3 cm³/mol. The van der Waals surface area contributed by atoms with Crippen LogP contribution in [-0.2, 0) is 6.61 Å². The summed E-state index contributed by atoms with van der Waals surface area (Å²) in [7, 11) is 4.03. The number of carbonyl (C=O) groups is 1. The summed E-state index contributed by atoms with van der Waals surface area (Å²) in [5.41, 5.74) is 2.35. The number of nitrogens with zero attached hydrogens (tertiary/aromatic N) is 2. The van der Waals surface area contributed by atoms with Crippen molar-refractivity contribution in [1.82, 2.24) is 15.4 Å². The quantitative estimate of drug-likeness (QED) is 0.753. The molecule has 6 heteroatoms. The van der Waals surface area contributed by atoms with E-state index in [1.54, 1.807) is 12.1 Å². The van der Waals surface area contributed by atoms with Gasteiger partial charge in [-0.2, -0.15) is 0 Å². The van der Waals surface area contributed by atoms with E-state index in [-0.39, 0.29) is 5.91 Å². The van der Waals surface area contributed by atoms with Gasteiger partial charge in [-0.05, 0) is 59.1 Å². The van der Waals surface area contributed by atoms with E-state index in [1.165, 1.54) is 0 Å². The zero-order valence-corrected chi connectivity index (χ0v) is 14.8. The van der Waals surface area contributed by atoms with Crippen LogP contribution in [0, 0.1) is 13.8 Å². The lowest BCUT2D eigenvalue weighted by molar-refractivity contribution is 0.0952. The zero-order chi connectivity index (χ0) is 17.5. The predicted octanol–water partition coefficient (Wildman–Crippen LogP) is 2.55. The van der Waals surface area contributed by atoms with E-state index < -0.39 is 0 Å². The van der Waals surface area contributed by atoms with E-state index in [2.05, 4.69) is 15.4 Å². The minimum Gasteiger partial charge on any atom is -0.489 e. The van der Waals surface area contributed by atoms with Crippen molar-refractivity contribution in [3.8, 4) is 5.75 Å². The van der Waals surface area contributed by atoms with Crippen molar-refractivity contribution >= 4 is 5.91 Å². The smallest absolute Gasteiger partial charge is 0.251 e. The number of ether oxygens (including phenoxy) is 1. The average molecular weight is 331 g/mol. The van der Waals surface area contributed by atoms with Crippen LogP contribution < -0.4 is 10.1 Å². The van der Waals surface area contributed by atoms with Crippen molar-refractivity contribution in [2.75, 3.05) is 27.2 Å². The van der Waals surface area contributed by atoms with Crippen molar-refractivity contribution in [2.24, 2.45) is 0 Å². The highest BCUT2D eigenvalue weighted by molar-refractivity contribution is 5.94. The van der Waals surface area contributed by atoms with E-state index in [4.69, 9.17) is 9.26 Å². The SMILES string of the molecule is Cc1noc(C)c1COc1cccc(C(=O)NCCCN(C)C)c1. The molecule has 1 amide bonds. The molecule has 24 heavy (non-hydrogen) atoms. The van der Waals surface area contributed by atoms with E-state index in [9.17, 15) is 4.79 Å². The third-order valence-electron chi connectivity index (χ3n) is 3.73. The van der Waals surface area contributed by atoms with Crippen LogP contribution >= 0.6 is 0 Å². The van der Waals surface area contributed by atoms with Gasteiger partial charge in [0.2, 0.25) is 0 Å². The van der Waals surface area contributed by atoms with Crippen LogP contribution in [0.4, 0.5) is 0 Å². The van der Waals surface area contributed by atoms with E-state index in [0.717, 1.165) is 30.0 Å². The van der Waals surface area contributed by atoms with Gasteiger partial charge in [-0.15, -0.1) is 0 Å². The van der Waals surface area contributed by atoms with Crippen LogP contribution in [0.3, 0.4) is 0 Å². The van der Waals surface area contributed by atoms with Gasteiger partial charge in [0.15, 0.2) is 0 Å². The summed E-state index contributed by atoms with van der Waals surface area (Å²) in [5, 5.41) is 6.83. The molecule has 2 rings (SSSR count). The fourth-order valence-corrected chi connectivity index (χ4v) is 2.29. The largest absolute Gasteiger partial charge is 0.489 e. The Morgan fingerprint density at radius 3 is 2.79 bits per heavy atom. The minimum atomic E-state index is -0.0865. The highest BCUT2D eigenvalue weighted by Crippen LogP contribution is 2.18. The summed E-state index contributed by atoms with van der Waals surface area (Å²) < 4.78 is 10.9. The summed E-state index contributed by atoms with van der Waals surface area (Å²) >= 11 is 0. The Kier molecular flexibility index (Phi) is 6.37. The number of amides is 1. The molecule has 1 aromatic heterocycles. The van der Waals surface area contributed by atoms with Crippen LogP contribution in [0.15, 0.2) is 28.8 Å². The van der Waals surface area contributed by atoms with Crippen LogP contribution in [-0.4, -0.2) is 43.1 Å². The van der Waals surface area contributed by atoms with Gasteiger partial charge in [0.25, 0.3) is 5.91 Å². The number of hydrogen-bond donors (Lipinski definition) is 1. The molecule has 1 N–H and O–H groups in total. The molecule has 0 saturated heterocycles. The molecule has 2 aromatic rings. The lowest BCUT2D eigenvalue weighted by atomic mass is 10.2. The fourth-order valence-electron chi connectivity index (χ4n) is 2.29. The number of benzene rings is 1. The highest BCUT2D eigenvalue weighted by Gasteiger charge is 2.11. The van der Waals surface area contributed by atoms with E-state index in [1.807, 2.05) is 40.1 Å². The molecule has 1 heterocycles. The second kappa shape index (κ2) is 8.49. The Bertz CT molecular complexity index is 660. The Hall–Kier alpha value is -2.34. The van der Waals surface area contributed by atoms with Gasteiger partial charge >= 0.3 is 0 Å². The summed E-state index contributed by atoms with van der Waals surface area (Å²) in [6.45, 7) is 5.71. The number of aromatic nitrogens is 1. The fraction of sp³-hybridized carbons (Fsp3) is 0.444. The summed E-state index contributed by atoms with van der Waals surface area (Å²) in [6.07, 6.45) is 0.918. The van der Waals surface area contributed by atoms with Crippen LogP contribution in [0.1, 0.15) is 33.8 Å². The van der Waals surface area contributed by atoms with Crippen molar-refractivity contribution in [1.29, 1.82) is 0 Å². The van der Waals surface area contributed by atoms with Gasteiger partial charge in [-0.3, -0.25) is 4.79 Å². The number of nitrogens with one attached hydrogen (secondary N) is 1. The summed E-state index contributed by atoms with van der Waals surface area (Å²) in [5.74, 6) is 1.31. The molecule has 0 radical (unpaired) electrons. The van der Waals surface area contributed by atoms with Gasteiger partial charge < -0.3 is 19.5 Å². The van der Waals surface area contributed by atoms with Gasteiger partial charge in [0.05, 0.1) is 11.3 Å². The summed E-state index contributed by atoms with van der Waals surface area (Å²) in [4.78, 5) is 14.3. The second-order valence-electron chi connectivity index (χ2n) is 6.03. The Morgan fingerprint density at radius 1 is 1.33 bits per heavy atom. The maximum Gasteiger partial charge on any atom is 0.251 e. The van der Waals surface area contributed by atoms with Crippen molar-refractivity contribution in [2.45, 2.75) is 26.9 Å². The molecule has 0 aliphatic carbocycles.